The van der Waals surface area contributed by atoms with Crippen molar-refractivity contribution in [3.05, 3.63) is 71.1 Å². The highest BCUT2D eigenvalue weighted by Gasteiger charge is 2.33. The van der Waals surface area contributed by atoms with Gasteiger partial charge in [-0.15, -0.1) is 0 Å². The number of nitrogens with zero attached hydrogens (tertiary/aromatic N) is 1. The summed E-state index contributed by atoms with van der Waals surface area (Å²) >= 11 is 0. The summed E-state index contributed by atoms with van der Waals surface area (Å²) in [4.78, 5) is 0. The summed E-state index contributed by atoms with van der Waals surface area (Å²) in [5.41, 5.74) is 14.9. The van der Waals surface area contributed by atoms with Crippen LogP contribution in [0.15, 0.2) is 60.0 Å². The lowest BCUT2D eigenvalue weighted by atomic mass is 9.77. The van der Waals surface area contributed by atoms with Crippen molar-refractivity contribution >= 4 is 5.69 Å². The van der Waals surface area contributed by atoms with Gasteiger partial charge < -0.3 is 16.2 Å². The Balaban J connectivity index is 2.14. The number of hydrogen-bond donors (Lipinski definition) is 2. The zero-order valence-electron chi connectivity index (χ0n) is 12.3. The lowest BCUT2D eigenvalue weighted by molar-refractivity contribution is 0.381. The third-order valence-corrected chi connectivity index (χ3v) is 4.11. The number of allylic oxidation sites excluding steroid dienone is 1. The van der Waals surface area contributed by atoms with Crippen LogP contribution in [0, 0.1) is 11.3 Å². The second kappa shape index (κ2) is 5.45. The third kappa shape index (κ3) is 2.27. The Kier molecular flexibility index (Phi) is 3.48. The van der Waals surface area contributed by atoms with Crippen LogP contribution >= 0.6 is 0 Å². The number of anilines is 1. The molecule has 2 aromatic carbocycles. The van der Waals surface area contributed by atoms with Crippen LogP contribution in [-0.2, 0) is 0 Å². The van der Waals surface area contributed by atoms with Gasteiger partial charge in [0.15, 0.2) is 0 Å². The Morgan fingerprint density at radius 3 is 2.55 bits per heavy atom. The Labute approximate surface area is 129 Å². The van der Waals surface area contributed by atoms with Crippen LogP contribution < -0.4 is 16.2 Å². The van der Waals surface area contributed by atoms with Crippen LogP contribution in [0.2, 0.25) is 0 Å². The van der Waals surface area contributed by atoms with Gasteiger partial charge in [-0.05, 0) is 17.5 Å². The first kappa shape index (κ1) is 14.0. The van der Waals surface area contributed by atoms with Gasteiger partial charge in [-0.2, -0.15) is 5.26 Å². The molecule has 0 amide bonds. The van der Waals surface area contributed by atoms with E-state index in [1.54, 1.807) is 6.07 Å². The Morgan fingerprint density at radius 2 is 1.86 bits per heavy atom. The van der Waals surface area contributed by atoms with Gasteiger partial charge in [0.05, 0.1) is 5.57 Å². The number of ether oxygens (including phenoxy) is 1. The molecule has 110 valence electrons. The molecule has 0 bridgehead atoms. The van der Waals surface area contributed by atoms with Crippen LogP contribution in [0.1, 0.15) is 29.9 Å². The molecule has 0 saturated heterocycles. The minimum atomic E-state index is -0.142. The standard InChI is InChI=1S/C18H17N3O/c1-11(12-5-3-2-4-6-12)17-14-8-7-13(20)9-16(14)22-18(21)15(17)10-19/h2-9,11,17H,20-21H2,1H3. The molecule has 0 saturated carbocycles. The maximum Gasteiger partial charge on any atom is 0.205 e. The summed E-state index contributed by atoms with van der Waals surface area (Å²) in [7, 11) is 0. The topological polar surface area (TPSA) is 85.1 Å². The number of rotatable bonds is 2. The molecule has 1 aliphatic heterocycles. The van der Waals surface area contributed by atoms with Crippen molar-refractivity contribution in [2.24, 2.45) is 5.73 Å². The van der Waals surface area contributed by atoms with E-state index >= 15 is 0 Å². The van der Waals surface area contributed by atoms with Gasteiger partial charge in [0.2, 0.25) is 5.88 Å². The normalized spacial score (nSPS) is 18.1. The first-order valence-corrected chi connectivity index (χ1v) is 7.13. The second-order valence-electron chi connectivity index (χ2n) is 5.47. The molecule has 1 heterocycles. The van der Waals surface area contributed by atoms with Crippen LogP contribution in [0.3, 0.4) is 0 Å². The fraction of sp³-hybridized carbons (Fsp3) is 0.167. The van der Waals surface area contributed by atoms with Crippen LogP contribution in [0.4, 0.5) is 5.69 Å². The number of fused-ring (bicyclic) bond motifs is 1. The van der Waals surface area contributed by atoms with E-state index in [0.29, 0.717) is 17.0 Å². The molecule has 0 aliphatic carbocycles. The molecule has 4 nitrogen and oxygen atoms in total. The van der Waals surface area contributed by atoms with Crippen molar-refractivity contribution < 1.29 is 4.74 Å². The number of hydrogen-bond acceptors (Lipinski definition) is 4. The molecule has 0 fully saturated rings. The summed E-state index contributed by atoms with van der Waals surface area (Å²) < 4.78 is 5.59. The number of nitriles is 1. The van der Waals surface area contributed by atoms with E-state index in [0.717, 1.165) is 11.1 Å². The fourth-order valence-corrected chi connectivity index (χ4v) is 2.97. The quantitative estimate of drug-likeness (QED) is 0.832. The summed E-state index contributed by atoms with van der Waals surface area (Å²) in [5, 5.41) is 9.52. The summed E-state index contributed by atoms with van der Waals surface area (Å²) in [6.45, 7) is 2.09. The molecular formula is C18H17N3O. The van der Waals surface area contributed by atoms with Crippen molar-refractivity contribution in [2.45, 2.75) is 18.8 Å². The molecular weight excluding hydrogens is 274 g/mol. The van der Waals surface area contributed by atoms with Gasteiger partial charge in [-0.1, -0.05) is 43.3 Å². The van der Waals surface area contributed by atoms with E-state index < -0.39 is 0 Å². The molecule has 2 unspecified atom stereocenters. The van der Waals surface area contributed by atoms with E-state index in [1.807, 2.05) is 30.3 Å². The van der Waals surface area contributed by atoms with Gasteiger partial charge in [0.1, 0.15) is 11.8 Å². The SMILES string of the molecule is CC(c1ccccc1)C1C(C#N)=C(N)Oc2cc(N)ccc21. The number of benzene rings is 2. The fourth-order valence-electron chi connectivity index (χ4n) is 2.97. The van der Waals surface area contributed by atoms with Gasteiger partial charge in [0.25, 0.3) is 0 Å². The maximum atomic E-state index is 9.52. The van der Waals surface area contributed by atoms with Gasteiger partial charge in [0, 0.05) is 23.2 Å². The van der Waals surface area contributed by atoms with E-state index in [9.17, 15) is 5.26 Å². The summed E-state index contributed by atoms with van der Waals surface area (Å²) in [5.74, 6) is 0.745. The summed E-state index contributed by atoms with van der Waals surface area (Å²) in [6.07, 6.45) is 0. The predicted molar refractivity (Wildman–Crippen MR) is 85.9 cm³/mol. The molecule has 2 atom stereocenters. The molecule has 4 N–H and O–H groups in total. The highest BCUT2D eigenvalue weighted by Crippen LogP contribution is 2.46. The zero-order valence-corrected chi connectivity index (χ0v) is 12.3. The van der Waals surface area contributed by atoms with Gasteiger partial charge >= 0.3 is 0 Å². The first-order chi connectivity index (χ1) is 10.6. The third-order valence-electron chi connectivity index (χ3n) is 4.11. The van der Waals surface area contributed by atoms with Crippen molar-refractivity contribution in [2.75, 3.05) is 5.73 Å². The molecule has 3 rings (SSSR count). The second-order valence-corrected chi connectivity index (χ2v) is 5.47. The molecule has 22 heavy (non-hydrogen) atoms. The van der Waals surface area contributed by atoms with E-state index in [2.05, 4.69) is 25.1 Å². The highest BCUT2D eigenvalue weighted by atomic mass is 16.5. The molecule has 1 aliphatic rings. The van der Waals surface area contributed by atoms with E-state index in [4.69, 9.17) is 16.2 Å². The minimum absolute atomic E-state index is 0.0978. The monoisotopic (exact) mass is 291 g/mol. The summed E-state index contributed by atoms with van der Waals surface area (Å²) in [6, 6.07) is 17.8. The molecule has 0 radical (unpaired) electrons. The largest absolute Gasteiger partial charge is 0.440 e. The molecule has 0 aromatic heterocycles. The average molecular weight is 291 g/mol. The van der Waals surface area contributed by atoms with Crippen molar-refractivity contribution in [3.63, 3.8) is 0 Å². The van der Waals surface area contributed by atoms with Crippen molar-refractivity contribution in [1.29, 1.82) is 5.26 Å². The van der Waals surface area contributed by atoms with Crippen molar-refractivity contribution in [1.82, 2.24) is 0 Å². The zero-order chi connectivity index (χ0) is 15.7. The Morgan fingerprint density at radius 1 is 1.14 bits per heavy atom. The lowest BCUT2D eigenvalue weighted by Crippen LogP contribution is -2.23. The van der Waals surface area contributed by atoms with Crippen molar-refractivity contribution in [3.8, 4) is 11.8 Å². The lowest BCUT2D eigenvalue weighted by Gasteiger charge is -2.30. The van der Waals surface area contributed by atoms with E-state index in [1.165, 1.54) is 0 Å². The Bertz CT molecular complexity index is 775. The minimum Gasteiger partial charge on any atom is -0.440 e. The first-order valence-electron chi connectivity index (χ1n) is 7.13. The van der Waals surface area contributed by atoms with Crippen LogP contribution in [-0.4, -0.2) is 0 Å². The average Bonchev–Trinajstić information content (AvgIpc) is 2.53. The molecule has 2 aromatic rings. The smallest absolute Gasteiger partial charge is 0.205 e. The molecule has 4 heteroatoms. The highest BCUT2D eigenvalue weighted by molar-refractivity contribution is 5.57. The number of nitrogen functional groups attached to an aromatic ring is 1. The number of nitrogens with two attached hydrogens (primary N) is 2. The predicted octanol–water partition coefficient (Wildman–Crippen LogP) is 3.24. The maximum absolute atomic E-state index is 9.52. The van der Waals surface area contributed by atoms with Crippen LogP contribution in [0.5, 0.6) is 5.75 Å². The van der Waals surface area contributed by atoms with Crippen LogP contribution in [0.25, 0.3) is 0 Å². The van der Waals surface area contributed by atoms with Gasteiger partial charge in [-0.25, -0.2) is 0 Å². The van der Waals surface area contributed by atoms with Gasteiger partial charge in [-0.3, -0.25) is 0 Å². The molecule has 0 spiro atoms. The van der Waals surface area contributed by atoms with E-state index in [-0.39, 0.29) is 17.7 Å². The Hall–Kier alpha value is -2.93.